The molecule has 0 atom stereocenters. The quantitative estimate of drug-likeness (QED) is 0.195. The second-order valence-electron chi connectivity index (χ2n) is 4.74. The third-order valence-corrected chi connectivity index (χ3v) is 3.65. The molecular weight excluding hydrogens is 517 g/mol. The van der Waals surface area contributed by atoms with Crippen molar-refractivity contribution in [2.45, 2.75) is 0 Å². The maximum atomic E-state index is 11.6. The first kappa shape index (κ1) is 25.3. The third kappa shape index (κ3) is 9.86. The van der Waals surface area contributed by atoms with E-state index in [1.54, 1.807) is 26.3 Å². The second-order valence-corrected chi connectivity index (χ2v) is 5.99. The van der Waals surface area contributed by atoms with Gasteiger partial charge in [-0.3, -0.25) is 9.79 Å². The molecule has 1 amide bonds. The van der Waals surface area contributed by atoms with E-state index in [2.05, 4.69) is 20.9 Å². The smallest absolute Gasteiger partial charge is 0.239 e. The third-order valence-electron chi connectivity index (χ3n) is 2.87. The van der Waals surface area contributed by atoms with Crippen molar-refractivity contribution in [3.63, 3.8) is 0 Å². The average molecular weight is 540 g/mol. The first-order chi connectivity index (χ1) is 12.0. The van der Waals surface area contributed by atoms with Crippen molar-refractivity contribution >= 4 is 70.6 Å². The van der Waals surface area contributed by atoms with Crippen LogP contribution in [-0.4, -0.2) is 58.9 Å². The predicted octanol–water partition coefficient (Wildman–Crippen LogP) is 2.57. The molecule has 0 saturated carbocycles. The van der Waals surface area contributed by atoms with E-state index in [9.17, 15) is 4.79 Å². The van der Waals surface area contributed by atoms with Crippen LogP contribution in [0.1, 0.15) is 0 Å². The maximum absolute atomic E-state index is 11.6. The summed E-state index contributed by atoms with van der Waals surface area (Å²) in [6.07, 6.45) is 0. The molecule has 0 aliphatic heterocycles. The molecule has 148 valence electrons. The van der Waals surface area contributed by atoms with E-state index in [4.69, 9.17) is 44.3 Å². The summed E-state index contributed by atoms with van der Waals surface area (Å²) >= 11 is 17.9. The molecule has 0 saturated heterocycles. The van der Waals surface area contributed by atoms with Crippen molar-refractivity contribution < 1.29 is 14.3 Å². The molecule has 0 unspecified atom stereocenters. The standard InChI is InChI=1S/C15H21Cl3N4O3.HI/c1-19-15(22-9-13(23)20-3-5-24-2)21-4-6-25-14-11(17)7-10(16)8-12(14)18;/h7-8H,3-6,9H2,1-2H3,(H,20,23)(H2,19,21,22);1H. The monoisotopic (exact) mass is 538 g/mol. The predicted molar refractivity (Wildman–Crippen MR) is 117 cm³/mol. The van der Waals surface area contributed by atoms with Gasteiger partial charge in [-0.25, -0.2) is 0 Å². The van der Waals surface area contributed by atoms with Gasteiger partial charge in [-0.15, -0.1) is 24.0 Å². The SMILES string of the molecule is CN=C(NCCOc1c(Cl)cc(Cl)cc1Cl)NCC(=O)NCCOC.I. The highest BCUT2D eigenvalue weighted by atomic mass is 127. The Morgan fingerprint density at radius 1 is 1.08 bits per heavy atom. The van der Waals surface area contributed by atoms with Crippen molar-refractivity contribution in [1.82, 2.24) is 16.0 Å². The summed E-state index contributed by atoms with van der Waals surface area (Å²) in [5, 5.41) is 9.71. The summed E-state index contributed by atoms with van der Waals surface area (Å²) in [5.41, 5.74) is 0. The number of carbonyl (C=O) groups is 1. The summed E-state index contributed by atoms with van der Waals surface area (Å²) in [5.74, 6) is 0.685. The number of rotatable bonds is 9. The summed E-state index contributed by atoms with van der Waals surface area (Å²) in [6.45, 7) is 1.74. The molecule has 0 aromatic heterocycles. The van der Waals surface area contributed by atoms with Crippen LogP contribution in [0.15, 0.2) is 17.1 Å². The molecule has 3 N–H and O–H groups in total. The van der Waals surface area contributed by atoms with Crippen LogP contribution in [0.3, 0.4) is 0 Å². The molecule has 11 heteroatoms. The fourth-order valence-electron chi connectivity index (χ4n) is 1.73. The average Bonchev–Trinajstić information content (AvgIpc) is 2.56. The van der Waals surface area contributed by atoms with E-state index < -0.39 is 0 Å². The van der Waals surface area contributed by atoms with Gasteiger partial charge in [0.25, 0.3) is 0 Å². The molecule has 1 aromatic carbocycles. The van der Waals surface area contributed by atoms with Gasteiger partial charge < -0.3 is 25.4 Å². The van der Waals surface area contributed by atoms with Gasteiger partial charge in [0.15, 0.2) is 11.7 Å². The molecule has 0 spiro atoms. The van der Waals surface area contributed by atoms with E-state index >= 15 is 0 Å². The van der Waals surface area contributed by atoms with E-state index in [1.165, 1.54) is 0 Å². The molecule has 0 fully saturated rings. The van der Waals surface area contributed by atoms with Gasteiger partial charge >= 0.3 is 0 Å². The number of guanidine groups is 1. The Bertz CT molecular complexity index is 582. The zero-order valence-corrected chi connectivity index (χ0v) is 19.0. The largest absolute Gasteiger partial charge is 0.489 e. The van der Waals surface area contributed by atoms with Gasteiger partial charge in [0.2, 0.25) is 5.91 Å². The number of hydrogen-bond acceptors (Lipinski definition) is 4. The van der Waals surface area contributed by atoms with E-state index in [-0.39, 0.29) is 36.4 Å². The summed E-state index contributed by atoms with van der Waals surface area (Å²) in [7, 11) is 3.18. The zero-order valence-electron chi connectivity index (χ0n) is 14.4. The number of ether oxygens (including phenoxy) is 2. The molecule has 0 heterocycles. The molecule has 0 radical (unpaired) electrons. The Morgan fingerprint density at radius 2 is 1.69 bits per heavy atom. The lowest BCUT2D eigenvalue weighted by Crippen LogP contribution is -2.44. The van der Waals surface area contributed by atoms with Crippen LogP contribution in [0.4, 0.5) is 0 Å². The van der Waals surface area contributed by atoms with Crippen LogP contribution in [0.5, 0.6) is 5.75 Å². The van der Waals surface area contributed by atoms with Crippen molar-refractivity contribution in [2.24, 2.45) is 4.99 Å². The molecule has 1 aromatic rings. The molecule has 7 nitrogen and oxygen atoms in total. The topological polar surface area (TPSA) is 84.0 Å². The van der Waals surface area contributed by atoms with Gasteiger partial charge in [-0.2, -0.15) is 0 Å². The summed E-state index contributed by atoms with van der Waals surface area (Å²) in [4.78, 5) is 15.6. The summed E-state index contributed by atoms with van der Waals surface area (Å²) in [6, 6.07) is 3.11. The highest BCUT2D eigenvalue weighted by Crippen LogP contribution is 2.35. The lowest BCUT2D eigenvalue weighted by Gasteiger charge is -2.13. The number of amides is 1. The fraction of sp³-hybridized carbons (Fsp3) is 0.467. The number of hydrogen-bond donors (Lipinski definition) is 3. The number of nitrogens with zero attached hydrogens (tertiary/aromatic N) is 1. The van der Waals surface area contributed by atoms with Gasteiger partial charge in [-0.1, -0.05) is 34.8 Å². The van der Waals surface area contributed by atoms with E-state index in [0.29, 0.717) is 53.1 Å². The van der Waals surface area contributed by atoms with Crippen molar-refractivity contribution in [2.75, 3.05) is 47.0 Å². The minimum absolute atomic E-state index is 0. The van der Waals surface area contributed by atoms with Crippen LogP contribution >= 0.6 is 58.8 Å². The number of aliphatic imine (C=N–C) groups is 1. The molecule has 1 rings (SSSR count). The van der Waals surface area contributed by atoms with E-state index in [0.717, 1.165) is 0 Å². The van der Waals surface area contributed by atoms with Gasteiger partial charge in [-0.05, 0) is 12.1 Å². The highest BCUT2D eigenvalue weighted by molar-refractivity contribution is 14.0. The van der Waals surface area contributed by atoms with Crippen LogP contribution in [0.25, 0.3) is 0 Å². The lowest BCUT2D eigenvalue weighted by molar-refractivity contribution is -0.120. The van der Waals surface area contributed by atoms with Crippen molar-refractivity contribution in [3.8, 4) is 5.75 Å². The van der Waals surface area contributed by atoms with E-state index in [1.807, 2.05) is 0 Å². The molecule has 0 bridgehead atoms. The highest BCUT2D eigenvalue weighted by Gasteiger charge is 2.09. The fourth-order valence-corrected chi connectivity index (χ4v) is 2.66. The van der Waals surface area contributed by atoms with Crippen molar-refractivity contribution in [1.29, 1.82) is 0 Å². The maximum Gasteiger partial charge on any atom is 0.239 e. The number of benzene rings is 1. The molecule has 0 aliphatic rings. The Hall–Kier alpha value is -0.680. The number of carbonyl (C=O) groups excluding carboxylic acids is 1. The van der Waals surface area contributed by atoms with Crippen LogP contribution in [0, 0.1) is 0 Å². The zero-order chi connectivity index (χ0) is 18.7. The Labute approximate surface area is 185 Å². The molecule has 26 heavy (non-hydrogen) atoms. The van der Waals surface area contributed by atoms with Crippen LogP contribution in [0.2, 0.25) is 15.1 Å². The van der Waals surface area contributed by atoms with Crippen molar-refractivity contribution in [3.05, 3.63) is 27.2 Å². The van der Waals surface area contributed by atoms with Gasteiger partial charge in [0.05, 0.1) is 29.7 Å². The normalized spacial score (nSPS) is 10.7. The van der Waals surface area contributed by atoms with Gasteiger partial charge in [0, 0.05) is 25.7 Å². The molecule has 0 aliphatic carbocycles. The Morgan fingerprint density at radius 3 is 2.27 bits per heavy atom. The Balaban J connectivity index is 0.00000625. The lowest BCUT2D eigenvalue weighted by atomic mass is 10.3. The van der Waals surface area contributed by atoms with Gasteiger partial charge in [0.1, 0.15) is 6.61 Å². The second kappa shape index (κ2) is 14.4. The number of halogens is 4. The number of nitrogens with one attached hydrogen (secondary N) is 3. The number of methoxy groups -OCH3 is 1. The minimum Gasteiger partial charge on any atom is -0.489 e. The van der Waals surface area contributed by atoms with Crippen LogP contribution < -0.4 is 20.7 Å². The minimum atomic E-state index is -0.157. The van der Waals surface area contributed by atoms with Crippen LogP contribution in [-0.2, 0) is 9.53 Å². The first-order valence-corrected chi connectivity index (χ1v) is 8.58. The Kier molecular flexibility index (Phi) is 14.0. The first-order valence-electron chi connectivity index (χ1n) is 7.45. The summed E-state index contributed by atoms with van der Waals surface area (Å²) < 4.78 is 10.4. The molecular formula is C15H22Cl3IN4O3.